The van der Waals surface area contributed by atoms with Gasteiger partial charge in [-0.3, -0.25) is 10.1 Å². The number of nitrogens with zero attached hydrogens (tertiary/aromatic N) is 2. The number of hydrogen-bond donors (Lipinski definition) is 3. The molecule has 3 N–H and O–H groups in total. The predicted molar refractivity (Wildman–Crippen MR) is 74.1 cm³/mol. The number of aryl methyl sites for hydroxylation is 1. The van der Waals surface area contributed by atoms with Crippen molar-refractivity contribution >= 4 is 12.0 Å². The Labute approximate surface area is 124 Å². The highest BCUT2D eigenvalue weighted by Gasteiger charge is 2.07. The molecule has 0 aliphatic heterocycles. The fraction of sp³-hybridized carbons (Fsp3) is 0.583. The van der Waals surface area contributed by atoms with E-state index in [2.05, 4.69) is 41.7 Å². The molecule has 20 heavy (non-hydrogen) atoms. The number of hydrogen-bond acceptors (Lipinski definition) is 3. The third kappa shape index (κ3) is 7.75. The highest BCUT2D eigenvalue weighted by Crippen LogP contribution is 1.96. The van der Waals surface area contributed by atoms with Gasteiger partial charge in [0.15, 0.2) is 0 Å². The number of aromatic amines is 1. The van der Waals surface area contributed by atoms with Gasteiger partial charge >= 0.3 is 6.03 Å². The zero-order chi connectivity index (χ0) is 14.5. The van der Waals surface area contributed by atoms with Gasteiger partial charge in [-0.1, -0.05) is 0 Å². The average Bonchev–Trinajstić information content (AvgIpc) is 2.21. The second-order valence-electron chi connectivity index (χ2n) is 5.50. The number of halogens is 1. The lowest BCUT2D eigenvalue weighted by molar-refractivity contribution is -0.870. The molecule has 7 nitrogen and oxygen atoms in total. The van der Waals surface area contributed by atoms with Crippen molar-refractivity contribution in [2.24, 2.45) is 0 Å². The van der Waals surface area contributed by atoms with Crippen LogP contribution in [0.2, 0.25) is 0 Å². The molecule has 114 valence electrons. The van der Waals surface area contributed by atoms with Gasteiger partial charge in [0.25, 0.3) is 5.56 Å². The van der Waals surface area contributed by atoms with Gasteiger partial charge in [0.1, 0.15) is 0 Å². The molecule has 0 aliphatic carbocycles. The molecule has 0 aliphatic rings. The fourth-order valence-corrected chi connectivity index (χ4v) is 1.54. The summed E-state index contributed by atoms with van der Waals surface area (Å²) in [6.45, 7) is 3.28. The molecular weight excluding hydrogens is 282 g/mol. The maximum absolute atomic E-state index is 11.6. The van der Waals surface area contributed by atoms with E-state index in [-0.39, 0.29) is 29.9 Å². The lowest BCUT2D eigenvalue weighted by Gasteiger charge is -2.23. The Morgan fingerprint density at radius 2 is 2.05 bits per heavy atom. The van der Waals surface area contributed by atoms with Crippen molar-refractivity contribution in [3.63, 3.8) is 0 Å². The van der Waals surface area contributed by atoms with Gasteiger partial charge in [-0.2, -0.15) is 4.98 Å². The van der Waals surface area contributed by atoms with Crippen LogP contribution in [0.15, 0.2) is 10.9 Å². The van der Waals surface area contributed by atoms with E-state index in [1.807, 2.05) is 0 Å². The first-order valence-electron chi connectivity index (χ1n) is 6.19. The summed E-state index contributed by atoms with van der Waals surface area (Å²) in [7, 11) is 6.30. The van der Waals surface area contributed by atoms with Crippen molar-refractivity contribution in [1.82, 2.24) is 15.3 Å². The standard InChI is InChI=1S/C12H21N5O2.ClH/c1-9-8-10(18)15-11(14-9)16-12(19)13-6-5-7-17(2,3)4;/h8H,5-7H2,1-4H3,(H2-,13,14,15,16,18,19);1H. The number of H-pyrrole nitrogens is 1. The maximum Gasteiger partial charge on any atom is 0.321 e. The van der Waals surface area contributed by atoms with Crippen LogP contribution in [0.5, 0.6) is 0 Å². The molecule has 0 saturated heterocycles. The van der Waals surface area contributed by atoms with Crippen molar-refractivity contribution in [3.8, 4) is 0 Å². The number of quaternary nitrogens is 1. The second kappa shape index (κ2) is 7.86. The van der Waals surface area contributed by atoms with Crippen LogP contribution in [0.4, 0.5) is 10.7 Å². The van der Waals surface area contributed by atoms with Crippen molar-refractivity contribution in [3.05, 3.63) is 22.1 Å². The molecule has 1 aromatic rings. The van der Waals surface area contributed by atoms with Crippen LogP contribution >= 0.6 is 0 Å². The number of nitrogens with one attached hydrogen (secondary N) is 3. The zero-order valence-electron chi connectivity index (χ0n) is 12.3. The molecule has 1 heterocycles. The molecule has 0 atom stereocenters. The number of aromatic nitrogens is 2. The minimum atomic E-state index is -0.378. The van der Waals surface area contributed by atoms with Crippen molar-refractivity contribution in [1.29, 1.82) is 0 Å². The van der Waals surface area contributed by atoms with Crippen molar-refractivity contribution in [2.75, 3.05) is 39.5 Å². The van der Waals surface area contributed by atoms with Crippen molar-refractivity contribution < 1.29 is 21.7 Å². The first kappa shape index (κ1) is 18.4. The summed E-state index contributed by atoms with van der Waals surface area (Å²) in [5, 5.41) is 5.22. The minimum Gasteiger partial charge on any atom is -1.00 e. The highest BCUT2D eigenvalue weighted by molar-refractivity contribution is 5.87. The molecular formula is C12H22ClN5O2. The summed E-state index contributed by atoms with van der Waals surface area (Å²) in [5.74, 6) is 0.161. The number of carbonyl (C=O) groups is 1. The number of anilines is 1. The van der Waals surface area contributed by atoms with E-state index in [0.29, 0.717) is 12.2 Å². The highest BCUT2D eigenvalue weighted by atomic mass is 35.5. The topological polar surface area (TPSA) is 86.9 Å². The number of carbonyl (C=O) groups excluding carboxylic acids is 1. The van der Waals surface area contributed by atoms with Gasteiger partial charge in [-0.05, 0) is 6.92 Å². The van der Waals surface area contributed by atoms with E-state index in [9.17, 15) is 9.59 Å². The van der Waals surface area contributed by atoms with E-state index in [0.717, 1.165) is 17.4 Å². The molecule has 2 amide bonds. The minimum absolute atomic E-state index is 0. The van der Waals surface area contributed by atoms with Gasteiger partial charge < -0.3 is 27.2 Å². The summed E-state index contributed by atoms with van der Waals surface area (Å²) < 4.78 is 0.857. The molecule has 0 unspecified atom stereocenters. The maximum atomic E-state index is 11.6. The van der Waals surface area contributed by atoms with Gasteiger partial charge in [0.05, 0.1) is 27.7 Å². The largest absolute Gasteiger partial charge is 1.00 e. The SMILES string of the molecule is Cc1cc(=O)nc(NC(=O)NCCC[N+](C)(C)C)[nH]1.[Cl-]. The molecule has 1 aromatic heterocycles. The van der Waals surface area contributed by atoms with Gasteiger partial charge in [0.2, 0.25) is 5.95 Å². The van der Waals surface area contributed by atoms with Crippen LogP contribution in [0.3, 0.4) is 0 Å². The number of rotatable bonds is 5. The number of amides is 2. The summed E-state index contributed by atoms with van der Waals surface area (Å²) in [6, 6.07) is 1.000. The zero-order valence-corrected chi connectivity index (χ0v) is 13.0. The number of urea groups is 1. The fourth-order valence-electron chi connectivity index (χ4n) is 1.54. The third-order valence-electron chi connectivity index (χ3n) is 2.40. The lowest BCUT2D eigenvalue weighted by Crippen LogP contribution is -3.00. The average molecular weight is 304 g/mol. The Bertz CT molecular complexity index is 495. The summed E-state index contributed by atoms with van der Waals surface area (Å²) >= 11 is 0. The van der Waals surface area contributed by atoms with Gasteiger partial charge in [-0.25, -0.2) is 4.79 Å². The van der Waals surface area contributed by atoms with Crippen LogP contribution in [0.1, 0.15) is 12.1 Å². The van der Waals surface area contributed by atoms with E-state index >= 15 is 0 Å². The van der Waals surface area contributed by atoms with Crippen LogP contribution in [0.25, 0.3) is 0 Å². The van der Waals surface area contributed by atoms with Crippen LogP contribution < -0.4 is 28.6 Å². The molecule has 1 rings (SSSR count). The second-order valence-corrected chi connectivity index (χ2v) is 5.50. The predicted octanol–water partition coefficient (Wildman–Crippen LogP) is -2.70. The van der Waals surface area contributed by atoms with Crippen LogP contribution in [-0.4, -0.2) is 54.7 Å². The van der Waals surface area contributed by atoms with E-state index in [1.54, 1.807) is 6.92 Å². The Kier molecular flexibility index (Phi) is 7.23. The molecule has 0 radical (unpaired) electrons. The molecule has 0 saturated carbocycles. The van der Waals surface area contributed by atoms with Gasteiger partial charge in [0, 0.05) is 24.7 Å². The smallest absolute Gasteiger partial charge is 0.321 e. The Morgan fingerprint density at radius 3 is 2.60 bits per heavy atom. The summed E-state index contributed by atoms with van der Waals surface area (Å²) in [5.41, 5.74) is 0.275. The van der Waals surface area contributed by atoms with E-state index in [1.165, 1.54) is 6.07 Å². The Morgan fingerprint density at radius 1 is 1.40 bits per heavy atom. The van der Waals surface area contributed by atoms with E-state index in [4.69, 9.17) is 0 Å². The Balaban J connectivity index is 0.00000361. The molecule has 0 spiro atoms. The van der Waals surface area contributed by atoms with Crippen LogP contribution in [0, 0.1) is 6.92 Å². The first-order chi connectivity index (χ1) is 8.76. The summed E-state index contributed by atoms with van der Waals surface area (Å²) in [4.78, 5) is 29.2. The lowest BCUT2D eigenvalue weighted by atomic mass is 10.4. The van der Waals surface area contributed by atoms with Crippen LogP contribution in [-0.2, 0) is 0 Å². The first-order valence-corrected chi connectivity index (χ1v) is 6.19. The monoisotopic (exact) mass is 303 g/mol. The normalized spacial score (nSPS) is 10.6. The Hall–Kier alpha value is -1.60. The van der Waals surface area contributed by atoms with Gasteiger partial charge in [-0.15, -0.1) is 0 Å². The molecule has 8 heteroatoms. The molecule has 0 aromatic carbocycles. The van der Waals surface area contributed by atoms with E-state index < -0.39 is 0 Å². The third-order valence-corrected chi connectivity index (χ3v) is 2.40. The molecule has 0 fully saturated rings. The molecule has 0 bridgehead atoms. The van der Waals surface area contributed by atoms with Crippen molar-refractivity contribution in [2.45, 2.75) is 13.3 Å². The summed E-state index contributed by atoms with van der Waals surface area (Å²) in [6.07, 6.45) is 0.884. The quantitative estimate of drug-likeness (QED) is 0.409.